The molecule has 7 heteroatoms. The molecule has 0 atom stereocenters. The summed E-state index contributed by atoms with van der Waals surface area (Å²) < 4.78 is 30.5. The molecule has 6 nitrogen and oxygen atoms in total. The number of benzene rings is 3. The van der Waals surface area contributed by atoms with E-state index in [4.69, 9.17) is 13.8 Å². The predicted octanol–water partition coefficient (Wildman–Crippen LogP) is 6.94. The van der Waals surface area contributed by atoms with Crippen molar-refractivity contribution >= 4 is 19.4 Å². The van der Waals surface area contributed by atoms with Crippen LogP contribution in [0.1, 0.15) is 41.3 Å². The molecular weight excluding hydrogens is 425 g/mol. The Balaban J connectivity index is 1.80. The van der Waals surface area contributed by atoms with E-state index in [0.717, 1.165) is 24.0 Å². The van der Waals surface area contributed by atoms with Crippen LogP contribution < -0.4 is 14.1 Å². The largest absolute Gasteiger partial charge is 0.541 e. The lowest BCUT2D eigenvalue weighted by Crippen LogP contribution is -2.10. The highest BCUT2D eigenvalue weighted by atomic mass is 31.2. The Hall–Kier alpha value is -3.24. The molecule has 0 heterocycles. The van der Waals surface area contributed by atoms with Crippen LogP contribution in [0.2, 0.25) is 0 Å². The number of hydrogen-bond acceptors (Lipinski definition) is 5. The second kappa shape index (κ2) is 10.9. The molecular formula is C25H28NO5P. The van der Waals surface area contributed by atoms with E-state index < -0.39 is 7.75 Å². The standard InChI is InChI=1S/C25H28NO5P/c1-4-5-16-29-25(27)21-12-14-22(15-13-21)26-32(28,30-23-10-6-8-19(2)17-23)31-24-11-7-9-20(3)18-24/h6-15,17-18H,4-5,16H2,1-3H3,(H,26,28). The Bertz CT molecular complexity index is 1050. The van der Waals surface area contributed by atoms with Crippen LogP contribution in [0, 0.1) is 13.8 Å². The minimum atomic E-state index is -3.85. The Kier molecular flexibility index (Phi) is 7.96. The molecule has 0 fully saturated rings. The van der Waals surface area contributed by atoms with Crippen LogP contribution in [-0.4, -0.2) is 12.6 Å². The molecule has 3 aromatic carbocycles. The molecule has 0 aromatic heterocycles. The summed E-state index contributed by atoms with van der Waals surface area (Å²) in [7, 11) is -3.85. The molecule has 3 aromatic rings. The fraction of sp³-hybridized carbons (Fsp3) is 0.240. The quantitative estimate of drug-likeness (QED) is 0.204. The van der Waals surface area contributed by atoms with Crippen molar-refractivity contribution in [3.05, 3.63) is 89.5 Å². The number of nitrogens with one attached hydrogen (secondary N) is 1. The number of carbonyl (C=O) groups excluding carboxylic acids is 1. The third kappa shape index (κ3) is 6.89. The van der Waals surface area contributed by atoms with Crippen LogP contribution in [0.4, 0.5) is 5.69 Å². The van der Waals surface area contributed by atoms with E-state index in [9.17, 15) is 9.36 Å². The summed E-state index contributed by atoms with van der Waals surface area (Å²) in [6, 6.07) is 21.0. The van der Waals surface area contributed by atoms with Crippen molar-refractivity contribution in [2.45, 2.75) is 33.6 Å². The number of ether oxygens (including phenoxy) is 1. The molecule has 0 aliphatic heterocycles. The number of hydrogen-bond donors (Lipinski definition) is 1. The molecule has 0 saturated heterocycles. The average molecular weight is 453 g/mol. The van der Waals surface area contributed by atoms with Gasteiger partial charge in [-0.25, -0.2) is 9.36 Å². The SMILES string of the molecule is CCCCOC(=O)c1ccc(NP(=O)(Oc2cccc(C)c2)Oc2cccc(C)c2)cc1. The molecule has 1 N–H and O–H groups in total. The molecule has 0 unspecified atom stereocenters. The first-order valence-corrected chi connectivity index (χ1v) is 12.1. The maximum absolute atomic E-state index is 13.7. The number of carbonyl (C=O) groups is 1. The van der Waals surface area contributed by atoms with Crippen LogP contribution in [0.25, 0.3) is 0 Å². The highest BCUT2D eigenvalue weighted by molar-refractivity contribution is 7.56. The van der Waals surface area contributed by atoms with Gasteiger partial charge in [-0.3, -0.25) is 5.09 Å². The van der Waals surface area contributed by atoms with Crippen LogP contribution in [0.3, 0.4) is 0 Å². The molecule has 0 spiro atoms. The molecule has 168 valence electrons. The number of unbranched alkanes of at least 4 members (excludes halogenated alkanes) is 1. The zero-order valence-electron chi connectivity index (χ0n) is 18.5. The summed E-state index contributed by atoms with van der Waals surface area (Å²) in [5.41, 5.74) is 2.84. The number of esters is 1. The summed E-state index contributed by atoms with van der Waals surface area (Å²) >= 11 is 0. The van der Waals surface area contributed by atoms with Crippen molar-refractivity contribution in [1.29, 1.82) is 0 Å². The number of anilines is 1. The second-order valence-electron chi connectivity index (χ2n) is 7.49. The molecule has 0 amide bonds. The van der Waals surface area contributed by atoms with Crippen molar-refractivity contribution in [1.82, 2.24) is 0 Å². The van der Waals surface area contributed by atoms with Gasteiger partial charge in [-0.1, -0.05) is 37.6 Å². The Morgan fingerprint density at radius 3 is 1.94 bits per heavy atom. The fourth-order valence-electron chi connectivity index (χ4n) is 2.92. The fourth-order valence-corrected chi connectivity index (χ4v) is 4.29. The van der Waals surface area contributed by atoms with Gasteiger partial charge < -0.3 is 13.8 Å². The average Bonchev–Trinajstić information content (AvgIpc) is 2.74. The van der Waals surface area contributed by atoms with Gasteiger partial charge in [0.1, 0.15) is 11.5 Å². The third-order valence-electron chi connectivity index (χ3n) is 4.55. The zero-order chi connectivity index (χ0) is 23.0. The molecule has 32 heavy (non-hydrogen) atoms. The first-order valence-electron chi connectivity index (χ1n) is 10.5. The molecule has 0 radical (unpaired) electrons. The Morgan fingerprint density at radius 2 is 1.44 bits per heavy atom. The van der Waals surface area contributed by atoms with Gasteiger partial charge in [-0.05, 0) is 79.9 Å². The minimum absolute atomic E-state index is 0.388. The first-order chi connectivity index (χ1) is 15.4. The summed E-state index contributed by atoms with van der Waals surface area (Å²) in [6.07, 6.45) is 1.77. The van der Waals surface area contributed by atoms with E-state index in [1.54, 1.807) is 48.5 Å². The van der Waals surface area contributed by atoms with Crippen molar-refractivity contribution in [2.24, 2.45) is 0 Å². The van der Waals surface area contributed by atoms with E-state index >= 15 is 0 Å². The van der Waals surface area contributed by atoms with Crippen LogP contribution in [-0.2, 0) is 9.30 Å². The van der Waals surface area contributed by atoms with Gasteiger partial charge in [0, 0.05) is 5.69 Å². The van der Waals surface area contributed by atoms with E-state index in [1.165, 1.54) is 0 Å². The smallest absolute Gasteiger partial charge is 0.462 e. The van der Waals surface area contributed by atoms with E-state index in [2.05, 4.69) is 5.09 Å². The Labute approximate surface area is 189 Å². The number of rotatable bonds is 10. The summed E-state index contributed by atoms with van der Waals surface area (Å²) in [6.45, 7) is 6.26. The number of aryl methyl sites for hydroxylation is 2. The lowest BCUT2D eigenvalue weighted by Gasteiger charge is -2.21. The zero-order valence-corrected chi connectivity index (χ0v) is 19.4. The van der Waals surface area contributed by atoms with Gasteiger partial charge in [0.05, 0.1) is 12.2 Å². The maximum Gasteiger partial charge on any atom is 0.541 e. The Morgan fingerprint density at radius 1 is 0.875 bits per heavy atom. The summed E-state index contributed by atoms with van der Waals surface area (Å²) in [4.78, 5) is 12.1. The first kappa shape index (κ1) is 23.4. The lowest BCUT2D eigenvalue weighted by atomic mass is 10.2. The van der Waals surface area contributed by atoms with Gasteiger partial charge in [0.2, 0.25) is 0 Å². The van der Waals surface area contributed by atoms with Crippen molar-refractivity contribution in [3.63, 3.8) is 0 Å². The monoisotopic (exact) mass is 453 g/mol. The summed E-state index contributed by atoms with van der Waals surface area (Å²) in [5.74, 6) is 0.453. The van der Waals surface area contributed by atoms with Gasteiger partial charge in [0.25, 0.3) is 0 Å². The summed E-state index contributed by atoms with van der Waals surface area (Å²) in [5, 5.41) is 2.87. The molecule has 0 aliphatic rings. The highest BCUT2D eigenvalue weighted by Crippen LogP contribution is 2.48. The van der Waals surface area contributed by atoms with Gasteiger partial charge in [0.15, 0.2) is 0 Å². The van der Waals surface area contributed by atoms with Crippen molar-refractivity contribution < 1.29 is 23.1 Å². The molecule has 0 saturated carbocycles. The van der Waals surface area contributed by atoms with Crippen LogP contribution in [0.15, 0.2) is 72.8 Å². The lowest BCUT2D eigenvalue weighted by molar-refractivity contribution is 0.0500. The van der Waals surface area contributed by atoms with Crippen LogP contribution in [0.5, 0.6) is 11.5 Å². The highest BCUT2D eigenvalue weighted by Gasteiger charge is 2.29. The van der Waals surface area contributed by atoms with E-state index in [-0.39, 0.29) is 5.97 Å². The topological polar surface area (TPSA) is 73.9 Å². The van der Waals surface area contributed by atoms with Gasteiger partial charge in [-0.15, -0.1) is 0 Å². The predicted molar refractivity (Wildman–Crippen MR) is 126 cm³/mol. The second-order valence-corrected chi connectivity index (χ2v) is 9.08. The van der Waals surface area contributed by atoms with Gasteiger partial charge >= 0.3 is 13.7 Å². The molecule has 3 rings (SSSR count). The van der Waals surface area contributed by atoms with Crippen molar-refractivity contribution in [2.75, 3.05) is 11.7 Å². The van der Waals surface area contributed by atoms with Crippen LogP contribution >= 0.6 is 7.75 Å². The third-order valence-corrected chi connectivity index (χ3v) is 5.98. The van der Waals surface area contributed by atoms with Crippen molar-refractivity contribution in [3.8, 4) is 11.5 Å². The van der Waals surface area contributed by atoms with E-state index in [0.29, 0.717) is 29.4 Å². The maximum atomic E-state index is 13.7. The van der Waals surface area contributed by atoms with Gasteiger partial charge in [-0.2, -0.15) is 0 Å². The minimum Gasteiger partial charge on any atom is -0.462 e. The van der Waals surface area contributed by atoms with E-state index in [1.807, 2.05) is 45.0 Å². The molecule has 0 aliphatic carbocycles. The molecule has 0 bridgehead atoms. The normalized spacial score (nSPS) is 11.0.